The molecular formula is C35H46N4O8S. The fourth-order valence-electron chi connectivity index (χ4n) is 6.98. The molecule has 3 heterocycles. The van der Waals surface area contributed by atoms with E-state index >= 15 is 0 Å². The molecule has 3 fully saturated rings. The molecule has 0 unspecified atom stereocenters. The van der Waals surface area contributed by atoms with E-state index in [1.807, 2.05) is 45.1 Å². The largest absolute Gasteiger partial charge is 0.496 e. The molecule has 12 nitrogen and oxygen atoms in total. The Morgan fingerprint density at radius 2 is 1.94 bits per heavy atom. The Hall–Kier alpha value is -3.87. The van der Waals surface area contributed by atoms with Crippen molar-refractivity contribution in [3.8, 4) is 17.4 Å². The highest BCUT2D eigenvalue weighted by Crippen LogP contribution is 2.46. The van der Waals surface area contributed by atoms with Gasteiger partial charge < -0.3 is 24.4 Å². The van der Waals surface area contributed by atoms with Gasteiger partial charge in [0.05, 0.1) is 31.0 Å². The summed E-state index contributed by atoms with van der Waals surface area (Å²) in [6.07, 6.45) is 9.13. The van der Waals surface area contributed by atoms with Crippen molar-refractivity contribution >= 4 is 38.6 Å². The summed E-state index contributed by atoms with van der Waals surface area (Å²) < 4.78 is 45.6. The lowest BCUT2D eigenvalue weighted by atomic mass is 10.0. The number of benzene rings is 1. The third kappa shape index (κ3) is 6.83. The Bertz CT molecular complexity index is 1720. The van der Waals surface area contributed by atoms with Crippen molar-refractivity contribution in [2.45, 2.75) is 101 Å². The van der Waals surface area contributed by atoms with Crippen LogP contribution in [-0.2, 0) is 24.4 Å². The number of aromatic nitrogens is 1. The number of sulfonamides is 1. The van der Waals surface area contributed by atoms with Gasteiger partial charge in [-0.15, -0.1) is 0 Å². The van der Waals surface area contributed by atoms with Gasteiger partial charge in [0, 0.05) is 35.3 Å². The molecule has 0 radical (unpaired) electrons. The first-order valence-electron chi connectivity index (χ1n) is 17.1. The van der Waals surface area contributed by atoms with Crippen LogP contribution in [0.5, 0.6) is 17.4 Å². The van der Waals surface area contributed by atoms with E-state index in [0.717, 1.165) is 36.6 Å². The predicted molar refractivity (Wildman–Crippen MR) is 179 cm³/mol. The van der Waals surface area contributed by atoms with Gasteiger partial charge in [-0.3, -0.25) is 19.1 Å². The van der Waals surface area contributed by atoms with Crippen LogP contribution >= 0.6 is 0 Å². The number of pyridine rings is 1. The van der Waals surface area contributed by atoms with E-state index in [2.05, 4.69) is 15.0 Å². The molecule has 5 atom stereocenters. The van der Waals surface area contributed by atoms with Crippen LogP contribution in [0.3, 0.4) is 0 Å². The predicted octanol–water partition coefficient (Wildman–Crippen LogP) is 3.94. The van der Waals surface area contributed by atoms with Crippen molar-refractivity contribution in [3.05, 3.63) is 35.9 Å². The Labute approximate surface area is 282 Å². The standard InChI is InChI=1S/C35H46N4O8S/c1-5-46-30-18-29(26-15-16-28(45-4)22(3)31(26)36-30)47-24-17-27-32(40)37-35(34(42)38-48(43,44)25-13-14-25)19-23(35)12-10-8-6-7-9-11-21(2)33(41)39(27)20-24/h10,12,15-16,18,21,23-25,27H,5-9,11,13-14,17,19-20H2,1-4H3,(H,37,40)(H,38,42)/b12-10-/t21-,23+,24+,27-,35+/m0/s1. The van der Waals surface area contributed by atoms with Crippen LogP contribution < -0.4 is 24.2 Å². The number of allylic oxidation sites excluding steroid dienone is 1. The summed E-state index contributed by atoms with van der Waals surface area (Å²) in [6, 6.07) is 4.52. The van der Waals surface area contributed by atoms with Gasteiger partial charge in [-0.1, -0.05) is 31.9 Å². The summed E-state index contributed by atoms with van der Waals surface area (Å²) in [6.45, 7) is 6.24. The number of nitrogens with one attached hydrogen (secondary N) is 2. The van der Waals surface area contributed by atoms with Gasteiger partial charge in [0.15, 0.2) is 0 Å². The van der Waals surface area contributed by atoms with E-state index in [9.17, 15) is 22.8 Å². The lowest BCUT2D eigenvalue weighted by molar-refractivity contribution is -0.142. The molecule has 4 aliphatic rings. The van der Waals surface area contributed by atoms with E-state index in [0.29, 0.717) is 48.8 Å². The minimum absolute atomic E-state index is 0.147. The van der Waals surface area contributed by atoms with E-state index in [1.165, 1.54) is 0 Å². The first-order chi connectivity index (χ1) is 23.0. The summed E-state index contributed by atoms with van der Waals surface area (Å²) in [4.78, 5) is 47.9. The fourth-order valence-corrected chi connectivity index (χ4v) is 8.34. The number of fused-ring (bicyclic) bond motifs is 3. The number of aryl methyl sites for hydroxylation is 1. The number of rotatable bonds is 8. The number of hydrogen-bond acceptors (Lipinski definition) is 9. The molecular weight excluding hydrogens is 636 g/mol. The van der Waals surface area contributed by atoms with E-state index in [4.69, 9.17) is 14.2 Å². The number of hydrogen-bond donors (Lipinski definition) is 2. The molecule has 2 saturated carbocycles. The van der Waals surface area contributed by atoms with E-state index < -0.39 is 44.8 Å². The van der Waals surface area contributed by atoms with Crippen LogP contribution in [0.15, 0.2) is 30.4 Å². The van der Waals surface area contributed by atoms with Gasteiger partial charge in [-0.25, -0.2) is 13.4 Å². The lowest BCUT2D eigenvalue weighted by Gasteiger charge is -2.28. The zero-order valence-corrected chi connectivity index (χ0v) is 28.9. The van der Waals surface area contributed by atoms with Crippen LogP contribution in [0.2, 0.25) is 0 Å². The summed E-state index contributed by atoms with van der Waals surface area (Å²) >= 11 is 0. The quantitative estimate of drug-likeness (QED) is 0.395. The molecule has 0 bridgehead atoms. The number of carbonyl (C=O) groups excluding carboxylic acids is 3. The smallest absolute Gasteiger partial charge is 0.259 e. The lowest BCUT2D eigenvalue weighted by Crippen LogP contribution is -2.57. The molecule has 1 aromatic carbocycles. The molecule has 13 heteroatoms. The maximum Gasteiger partial charge on any atom is 0.259 e. The van der Waals surface area contributed by atoms with Gasteiger partial charge in [-0.2, -0.15) is 0 Å². The molecule has 2 aromatic rings. The molecule has 0 spiro atoms. The molecule has 1 aromatic heterocycles. The van der Waals surface area contributed by atoms with Crippen molar-refractivity contribution < 1.29 is 37.0 Å². The van der Waals surface area contributed by atoms with Crippen LogP contribution in [0, 0.1) is 18.8 Å². The minimum Gasteiger partial charge on any atom is -0.496 e. The first kappa shape index (κ1) is 34.0. The average Bonchev–Trinajstić information content (AvgIpc) is 3.98. The zero-order valence-electron chi connectivity index (χ0n) is 28.1. The zero-order chi connectivity index (χ0) is 34.2. The average molecular weight is 683 g/mol. The third-order valence-corrected chi connectivity index (χ3v) is 11.9. The number of amides is 3. The van der Waals surface area contributed by atoms with Gasteiger partial charge in [0.1, 0.15) is 29.2 Å². The second-order valence-corrected chi connectivity index (χ2v) is 15.5. The molecule has 3 amide bonds. The second-order valence-electron chi connectivity index (χ2n) is 13.6. The Morgan fingerprint density at radius 1 is 1.15 bits per heavy atom. The Kier molecular flexibility index (Phi) is 9.61. The van der Waals surface area contributed by atoms with Crippen molar-refractivity contribution in [1.82, 2.24) is 19.9 Å². The normalized spacial score (nSPS) is 28.7. The van der Waals surface area contributed by atoms with Crippen molar-refractivity contribution in [3.63, 3.8) is 0 Å². The highest BCUT2D eigenvalue weighted by atomic mass is 32.2. The van der Waals surface area contributed by atoms with E-state index in [1.54, 1.807) is 18.1 Å². The Morgan fingerprint density at radius 3 is 2.67 bits per heavy atom. The molecule has 2 aliphatic carbocycles. The van der Waals surface area contributed by atoms with Crippen LogP contribution in [0.4, 0.5) is 0 Å². The summed E-state index contributed by atoms with van der Waals surface area (Å²) in [7, 11) is -2.23. The number of ether oxygens (including phenoxy) is 3. The molecule has 48 heavy (non-hydrogen) atoms. The highest BCUT2D eigenvalue weighted by molar-refractivity contribution is 7.91. The van der Waals surface area contributed by atoms with Gasteiger partial charge in [0.25, 0.3) is 5.91 Å². The minimum atomic E-state index is -3.82. The third-order valence-electron chi connectivity index (χ3n) is 10.0. The topological polar surface area (TPSA) is 153 Å². The molecule has 1 saturated heterocycles. The monoisotopic (exact) mass is 682 g/mol. The van der Waals surface area contributed by atoms with Crippen molar-refractivity contribution in [1.29, 1.82) is 0 Å². The maximum atomic E-state index is 14.2. The van der Waals surface area contributed by atoms with Crippen LogP contribution in [0.25, 0.3) is 10.9 Å². The Balaban J connectivity index is 1.30. The van der Waals surface area contributed by atoms with Gasteiger partial charge in [0.2, 0.25) is 27.7 Å². The van der Waals surface area contributed by atoms with Crippen LogP contribution in [-0.4, -0.2) is 79.2 Å². The fraction of sp³-hybridized carbons (Fsp3) is 0.600. The van der Waals surface area contributed by atoms with Gasteiger partial charge >= 0.3 is 0 Å². The summed E-state index contributed by atoms with van der Waals surface area (Å²) in [5.74, 6) is -0.461. The molecule has 2 aliphatic heterocycles. The first-order valence-corrected chi connectivity index (χ1v) is 18.6. The second kappa shape index (κ2) is 13.6. The number of methoxy groups -OCH3 is 1. The maximum absolute atomic E-state index is 14.2. The van der Waals surface area contributed by atoms with Gasteiger partial charge in [-0.05, 0) is 64.5 Å². The van der Waals surface area contributed by atoms with Crippen molar-refractivity contribution in [2.75, 3.05) is 20.3 Å². The SMILES string of the molecule is CCOc1cc(O[C@@H]2C[C@H]3C(=O)N[C@]4(C(=O)NS(=O)(=O)C5CC5)C[C@H]4/C=C\CCCCC[C@H](C)C(=O)N3C2)c2ccc(OC)c(C)c2n1. The van der Waals surface area contributed by atoms with E-state index in [-0.39, 0.29) is 37.1 Å². The summed E-state index contributed by atoms with van der Waals surface area (Å²) in [5, 5.41) is 3.09. The molecule has 2 N–H and O–H groups in total. The number of nitrogens with zero attached hydrogens (tertiary/aromatic N) is 2. The number of carbonyl (C=O) groups is 3. The highest BCUT2D eigenvalue weighted by Gasteiger charge is 2.62. The molecule has 260 valence electrons. The van der Waals surface area contributed by atoms with Crippen LogP contribution in [0.1, 0.15) is 77.2 Å². The van der Waals surface area contributed by atoms with Crippen molar-refractivity contribution in [2.24, 2.45) is 11.8 Å². The summed E-state index contributed by atoms with van der Waals surface area (Å²) in [5.41, 5.74) is 0.0796. The molecule has 6 rings (SSSR count).